The summed E-state index contributed by atoms with van der Waals surface area (Å²) in [6.07, 6.45) is 2.03. The van der Waals surface area contributed by atoms with Gasteiger partial charge in [0.25, 0.3) is 0 Å². The summed E-state index contributed by atoms with van der Waals surface area (Å²) in [5, 5.41) is 8.86. The van der Waals surface area contributed by atoms with Crippen LogP contribution in [0.4, 0.5) is 0 Å². The summed E-state index contributed by atoms with van der Waals surface area (Å²) < 4.78 is 1.89. The van der Waals surface area contributed by atoms with E-state index in [0.29, 0.717) is 6.54 Å². The van der Waals surface area contributed by atoms with E-state index in [1.54, 1.807) is 0 Å². The molecule has 122 valence electrons. The van der Waals surface area contributed by atoms with E-state index < -0.39 is 0 Å². The topological polar surface area (TPSA) is 50.2 Å². The van der Waals surface area contributed by atoms with Crippen LogP contribution in [-0.2, 0) is 11.3 Å². The Morgan fingerprint density at radius 2 is 1.96 bits per heavy atom. The van der Waals surface area contributed by atoms with E-state index in [0.717, 1.165) is 35.2 Å². The number of hydrogen-bond acceptors (Lipinski definition) is 3. The molecule has 5 heteroatoms. The number of amides is 1. The molecule has 1 aliphatic rings. The van der Waals surface area contributed by atoms with Crippen molar-refractivity contribution < 1.29 is 4.79 Å². The van der Waals surface area contributed by atoms with Gasteiger partial charge in [-0.05, 0) is 23.8 Å². The number of benzene rings is 2. The zero-order valence-corrected chi connectivity index (χ0v) is 13.6. The molecule has 2 aromatic carbocycles. The van der Waals surface area contributed by atoms with Gasteiger partial charge in [-0.3, -0.25) is 4.79 Å². The van der Waals surface area contributed by atoms with E-state index in [9.17, 15) is 4.79 Å². The minimum atomic E-state index is 0.144. The maximum absolute atomic E-state index is 12.2. The van der Waals surface area contributed by atoms with Gasteiger partial charge in [-0.2, -0.15) is 5.10 Å². The summed E-state index contributed by atoms with van der Waals surface area (Å²) in [5.74, 6) is 0.363. The Labute approximate surface area is 140 Å². The molecule has 1 saturated heterocycles. The molecule has 2 heterocycles. The van der Waals surface area contributed by atoms with Crippen molar-refractivity contribution in [1.82, 2.24) is 20.0 Å². The van der Waals surface area contributed by atoms with E-state index in [1.165, 1.54) is 0 Å². The number of rotatable bonds is 4. The number of aromatic nitrogens is 2. The van der Waals surface area contributed by atoms with Gasteiger partial charge < -0.3 is 10.2 Å². The molecule has 24 heavy (non-hydrogen) atoms. The number of fused-ring (bicyclic) bond motifs is 1. The Morgan fingerprint density at radius 1 is 1.21 bits per heavy atom. The predicted molar refractivity (Wildman–Crippen MR) is 93.9 cm³/mol. The number of nitrogens with zero attached hydrogens (tertiary/aromatic N) is 3. The first-order valence-corrected chi connectivity index (χ1v) is 8.20. The van der Waals surface area contributed by atoms with Gasteiger partial charge >= 0.3 is 0 Å². The molecule has 3 aromatic rings. The fraction of sp³-hybridized carbons (Fsp3) is 0.263. The zero-order valence-electron chi connectivity index (χ0n) is 13.6. The molecule has 1 fully saturated rings. The third-order valence-corrected chi connectivity index (χ3v) is 4.54. The fourth-order valence-corrected chi connectivity index (χ4v) is 2.98. The Balaban J connectivity index is 1.48. The largest absolute Gasteiger partial charge is 0.341 e. The van der Waals surface area contributed by atoms with Crippen LogP contribution in [0.15, 0.2) is 54.7 Å². The monoisotopic (exact) mass is 320 g/mol. The summed E-state index contributed by atoms with van der Waals surface area (Å²) in [6, 6.07) is 16.3. The van der Waals surface area contributed by atoms with Crippen molar-refractivity contribution in [3.05, 3.63) is 60.3 Å². The lowest BCUT2D eigenvalue weighted by atomic mass is 10.0. The smallest absolute Gasteiger partial charge is 0.228 e. The maximum Gasteiger partial charge on any atom is 0.228 e. The average Bonchev–Trinajstić information content (AvgIpc) is 2.98. The van der Waals surface area contributed by atoms with Crippen molar-refractivity contribution >= 4 is 16.8 Å². The number of carbonyl (C=O) groups is 1. The van der Waals surface area contributed by atoms with E-state index in [1.807, 2.05) is 53.2 Å². The lowest BCUT2D eigenvalue weighted by Gasteiger charge is -2.30. The van der Waals surface area contributed by atoms with Crippen LogP contribution >= 0.6 is 0 Å². The molecule has 0 bridgehead atoms. The van der Waals surface area contributed by atoms with Gasteiger partial charge in [-0.25, -0.2) is 4.68 Å². The molecule has 4 rings (SSSR count). The Morgan fingerprint density at radius 3 is 2.62 bits per heavy atom. The third-order valence-electron chi connectivity index (χ3n) is 4.54. The summed E-state index contributed by atoms with van der Waals surface area (Å²) in [6.45, 7) is 2.24. The molecule has 1 N–H and O–H groups in total. The molecule has 0 spiro atoms. The van der Waals surface area contributed by atoms with Crippen molar-refractivity contribution in [2.75, 3.05) is 20.1 Å². The Bertz CT molecular complexity index is 831. The summed E-state index contributed by atoms with van der Waals surface area (Å²) >= 11 is 0. The van der Waals surface area contributed by atoms with Gasteiger partial charge in [0, 0.05) is 38.3 Å². The van der Waals surface area contributed by atoms with Crippen molar-refractivity contribution in [1.29, 1.82) is 0 Å². The molecule has 0 aliphatic carbocycles. The van der Waals surface area contributed by atoms with Gasteiger partial charge in [-0.1, -0.05) is 30.3 Å². The minimum Gasteiger partial charge on any atom is -0.341 e. The van der Waals surface area contributed by atoms with Crippen LogP contribution in [0.1, 0.15) is 5.56 Å². The van der Waals surface area contributed by atoms with Crippen LogP contribution in [0.3, 0.4) is 0 Å². The quantitative estimate of drug-likeness (QED) is 0.802. The molecular weight excluding hydrogens is 300 g/mol. The maximum atomic E-state index is 12.2. The first-order chi connectivity index (χ1) is 11.7. The molecule has 5 nitrogen and oxygen atoms in total. The van der Waals surface area contributed by atoms with Crippen LogP contribution in [0.5, 0.6) is 0 Å². The van der Waals surface area contributed by atoms with Gasteiger partial charge in [0.2, 0.25) is 5.91 Å². The highest BCUT2D eigenvalue weighted by Gasteiger charge is 2.27. The highest BCUT2D eigenvalue weighted by molar-refractivity contribution is 5.80. The molecule has 0 radical (unpaired) electrons. The summed E-state index contributed by atoms with van der Waals surface area (Å²) in [4.78, 5) is 14.0. The van der Waals surface area contributed by atoms with Crippen LogP contribution in [0.25, 0.3) is 16.6 Å². The summed E-state index contributed by atoms with van der Waals surface area (Å²) in [5.41, 5.74) is 3.13. The van der Waals surface area contributed by atoms with E-state index in [2.05, 4.69) is 28.6 Å². The van der Waals surface area contributed by atoms with Crippen LogP contribution in [0, 0.1) is 5.92 Å². The first-order valence-electron chi connectivity index (χ1n) is 8.20. The SMILES string of the molecule is CN(Cc1ccc(-n2cc3ccccc3n2)cc1)C(=O)C1CNC1. The number of nitrogens with one attached hydrogen (secondary N) is 1. The highest BCUT2D eigenvalue weighted by atomic mass is 16.2. The second-order valence-electron chi connectivity index (χ2n) is 6.35. The molecule has 1 aliphatic heterocycles. The van der Waals surface area contributed by atoms with Gasteiger partial charge in [0.1, 0.15) is 0 Å². The lowest BCUT2D eigenvalue weighted by molar-refractivity contribution is -0.136. The Kier molecular flexibility index (Phi) is 3.78. The van der Waals surface area contributed by atoms with E-state index in [-0.39, 0.29) is 11.8 Å². The Hall–Kier alpha value is -2.66. The van der Waals surface area contributed by atoms with Gasteiger partial charge in [0.05, 0.1) is 17.1 Å². The highest BCUT2D eigenvalue weighted by Crippen LogP contribution is 2.17. The predicted octanol–water partition coefficient (Wildman–Crippen LogP) is 2.20. The molecular formula is C19H20N4O. The van der Waals surface area contributed by atoms with Crippen molar-refractivity contribution in [3.8, 4) is 5.69 Å². The van der Waals surface area contributed by atoms with Crippen LogP contribution in [-0.4, -0.2) is 40.7 Å². The standard InChI is InChI=1S/C19H20N4O/c1-22(19(24)16-10-20-11-16)12-14-6-8-17(9-7-14)23-13-15-4-2-3-5-18(15)21-23/h2-9,13,16,20H,10-12H2,1H3. The normalized spacial score (nSPS) is 14.5. The van der Waals surface area contributed by atoms with Gasteiger partial charge in [0.15, 0.2) is 0 Å². The third kappa shape index (κ3) is 2.78. The fourth-order valence-electron chi connectivity index (χ4n) is 2.98. The molecule has 0 unspecified atom stereocenters. The molecule has 0 atom stereocenters. The summed E-state index contributed by atoms with van der Waals surface area (Å²) in [7, 11) is 1.87. The van der Waals surface area contributed by atoms with E-state index >= 15 is 0 Å². The van der Waals surface area contributed by atoms with Crippen molar-refractivity contribution in [2.24, 2.45) is 5.92 Å². The second-order valence-corrected chi connectivity index (χ2v) is 6.35. The minimum absolute atomic E-state index is 0.144. The number of carbonyl (C=O) groups excluding carboxylic acids is 1. The second kappa shape index (κ2) is 6.09. The van der Waals surface area contributed by atoms with Crippen LogP contribution < -0.4 is 5.32 Å². The van der Waals surface area contributed by atoms with Crippen LogP contribution in [0.2, 0.25) is 0 Å². The average molecular weight is 320 g/mol. The molecule has 0 saturated carbocycles. The van der Waals surface area contributed by atoms with E-state index in [4.69, 9.17) is 0 Å². The number of hydrogen-bond donors (Lipinski definition) is 1. The van der Waals surface area contributed by atoms with Crippen molar-refractivity contribution in [2.45, 2.75) is 6.54 Å². The van der Waals surface area contributed by atoms with Gasteiger partial charge in [-0.15, -0.1) is 0 Å². The lowest BCUT2D eigenvalue weighted by Crippen LogP contribution is -2.50. The zero-order chi connectivity index (χ0) is 16.5. The molecule has 1 aromatic heterocycles. The van der Waals surface area contributed by atoms with Crippen molar-refractivity contribution in [3.63, 3.8) is 0 Å². The first kappa shape index (κ1) is 14.9. The molecule has 1 amide bonds.